The highest BCUT2D eigenvalue weighted by Gasteiger charge is 2.19. The summed E-state index contributed by atoms with van der Waals surface area (Å²) >= 11 is 3.33. The average molecular weight is 261 g/mol. The Balaban J connectivity index is 2.50. The van der Waals surface area contributed by atoms with E-state index in [0.717, 1.165) is 10.2 Å². The summed E-state index contributed by atoms with van der Waals surface area (Å²) in [5, 5.41) is 2.99. The number of rotatable bonds is 4. The zero-order valence-electron chi connectivity index (χ0n) is 8.06. The van der Waals surface area contributed by atoms with Crippen LogP contribution in [0.4, 0.5) is 10.1 Å². The highest BCUT2D eigenvalue weighted by molar-refractivity contribution is 9.10. The summed E-state index contributed by atoms with van der Waals surface area (Å²) < 4.78 is 14.4. The molecular weight excluding hydrogens is 247 g/mol. The molecule has 1 atom stereocenters. The van der Waals surface area contributed by atoms with E-state index in [0.29, 0.717) is 0 Å². The summed E-state index contributed by atoms with van der Waals surface area (Å²) in [5.41, 5.74) is 4.81. The first kappa shape index (κ1) is 11.5. The molecule has 0 fully saturated rings. The van der Waals surface area contributed by atoms with Gasteiger partial charge in [-0.3, -0.25) is 0 Å². The largest absolute Gasteiger partial charge is 0.382 e. The molecule has 0 aliphatic rings. The van der Waals surface area contributed by atoms with Gasteiger partial charge in [0, 0.05) is 23.2 Å². The fraction of sp³-hybridized carbons (Fsp3) is 0.400. The van der Waals surface area contributed by atoms with E-state index in [1.165, 1.54) is 6.92 Å². The number of hydrogen-bond donors (Lipinski definition) is 2. The molecule has 1 unspecified atom stereocenters. The van der Waals surface area contributed by atoms with Crippen molar-refractivity contribution < 1.29 is 4.39 Å². The molecule has 0 spiro atoms. The fourth-order valence-corrected chi connectivity index (χ4v) is 1.19. The van der Waals surface area contributed by atoms with Crippen molar-refractivity contribution in [2.24, 2.45) is 5.73 Å². The predicted octanol–water partition coefficient (Wildman–Crippen LogP) is 2.55. The third-order valence-corrected chi connectivity index (χ3v) is 2.46. The molecular formula is C10H14BrFN2. The molecule has 0 heterocycles. The van der Waals surface area contributed by atoms with Crippen LogP contribution in [-0.4, -0.2) is 18.8 Å². The molecule has 0 saturated carbocycles. The van der Waals surface area contributed by atoms with Crippen LogP contribution in [0.25, 0.3) is 0 Å². The third kappa shape index (κ3) is 3.64. The van der Waals surface area contributed by atoms with E-state index < -0.39 is 5.67 Å². The SMILES string of the molecule is CC(F)(CN)CNc1ccc(Br)cc1. The summed E-state index contributed by atoms with van der Waals surface area (Å²) in [6.45, 7) is 1.74. The highest BCUT2D eigenvalue weighted by Crippen LogP contribution is 2.15. The Hall–Kier alpha value is -0.610. The summed E-state index contributed by atoms with van der Waals surface area (Å²) in [6, 6.07) is 7.58. The van der Waals surface area contributed by atoms with Gasteiger partial charge in [-0.25, -0.2) is 4.39 Å². The Kier molecular flexibility index (Phi) is 3.89. The van der Waals surface area contributed by atoms with Gasteiger partial charge in [-0.15, -0.1) is 0 Å². The van der Waals surface area contributed by atoms with Crippen molar-refractivity contribution in [3.63, 3.8) is 0 Å². The normalized spacial score (nSPS) is 14.9. The first-order chi connectivity index (χ1) is 6.53. The number of alkyl halides is 1. The van der Waals surface area contributed by atoms with E-state index >= 15 is 0 Å². The molecule has 78 valence electrons. The van der Waals surface area contributed by atoms with Crippen LogP contribution in [0.2, 0.25) is 0 Å². The lowest BCUT2D eigenvalue weighted by Crippen LogP contribution is -2.36. The van der Waals surface area contributed by atoms with Gasteiger partial charge in [0.2, 0.25) is 0 Å². The lowest BCUT2D eigenvalue weighted by Gasteiger charge is -2.19. The van der Waals surface area contributed by atoms with E-state index in [9.17, 15) is 4.39 Å². The Bertz CT molecular complexity index is 285. The molecule has 0 saturated heterocycles. The van der Waals surface area contributed by atoms with Gasteiger partial charge in [-0.05, 0) is 31.2 Å². The van der Waals surface area contributed by atoms with Crippen molar-refractivity contribution in [2.45, 2.75) is 12.6 Å². The van der Waals surface area contributed by atoms with Gasteiger partial charge in [-0.1, -0.05) is 15.9 Å². The Morgan fingerprint density at radius 2 is 2.00 bits per heavy atom. The summed E-state index contributed by atoms with van der Waals surface area (Å²) in [6.07, 6.45) is 0. The van der Waals surface area contributed by atoms with Crippen LogP contribution < -0.4 is 11.1 Å². The molecule has 0 amide bonds. The number of benzene rings is 1. The molecule has 0 aromatic heterocycles. The molecule has 1 rings (SSSR count). The molecule has 0 radical (unpaired) electrons. The van der Waals surface area contributed by atoms with E-state index in [1.807, 2.05) is 24.3 Å². The maximum atomic E-state index is 13.4. The monoisotopic (exact) mass is 260 g/mol. The average Bonchev–Trinajstić information content (AvgIpc) is 2.17. The van der Waals surface area contributed by atoms with Gasteiger partial charge in [0.15, 0.2) is 0 Å². The van der Waals surface area contributed by atoms with Crippen molar-refractivity contribution >= 4 is 21.6 Å². The maximum Gasteiger partial charge on any atom is 0.137 e. The molecule has 14 heavy (non-hydrogen) atoms. The van der Waals surface area contributed by atoms with Gasteiger partial charge in [0.05, 0.1) is 0 Å². The quantitative estimate of drug-likeness (QED) is 0.874. The lowest BCUT2D eigenvalue weighted by molar-refractivity contribution is 0.217. The van der Waals surface area contributed by atoms with Gasteiger partial charge >= 0.3 is 0 Å². The molecule has 0 aliphatic heterocycles. The van der Waals surface area contributed by atoms with Gasteiger partial charge in [0.25, 0.3) is 0 Å². The van der Waals surface area contributed by atoms with Crippen LogP contribution in [-0.2, 0) is 0 Å². The first-order valence-corrected chi connectivity index (χ1v) is 5.21. The summed E-state index contributed by atoms with van der Waals surface area (Å²) in [4.78, 5) is 0. The number of nitrogens with one attached hydrogen (secondary N) is 1. The predicted molar refractivity (Wildman–Crippen MR) is 61.2 cm³/mol. The van der Waals surface area contributed by atoms with Crippen LogP contribution in [0.15, 0.2) is 28.7 Å². The fourth-order valence-electron chi connectivity index (χ4n) is 0.926. The van der Waals surface area contributed by atoms with E-state index in [2.05, 4.69) is 21.2 Å². The topological polar surface area (TPSA) is 38.0 Å². The van der Waals surface area contributed by atoms with Crippen LogP contribution in [0.5, 0.6) is 0 Å². The minimum atomic E-state index is -1.35. The summed E-state index contributed by atoms with van der Waals surface area (Å²) in [7, 11) is 0. The van der Waals surface area contributed by atoms with Crippen molar-refractivity contribution in [1.29, 1.82) is 0 Å². The van der Waals surface area contributed by atoms with E-state index in [-0.39, 0.29) is 13.1 Å². The van der Waals surface area contributed by atoms with Gasteiger partial charge in [-0.2, -0.15) is 0 Å². The lowest BCUT2D eigenvalue weighted by atomic mass is 10.1. The van der Waals surface area contributed by atoms with Crippen LogP contribution in [0, 0.1) is 0 Å². The molecule has 4 heteroatoms. The number of anilines is 1. The highest BCUT2D eigenvalue weighted by atomic mass is 79.9. The Morgan fingerprint density at radius 3 is 2.50 bits per heavy atom. The molecule has 1 aromatic rings. The minimum Gasteiger partial charge on any atom is -0.382 e. The van der Waals surface area contributed by atoms with Crippen LogP contribution in [0.1, 0.15) is 6.92 Å². The zero-order valence-corrected chi connectivity index (χ0v) is 9.64. The number of halogens is 2. The molecule has 0 bridgehead atoms. The second kappa shape index (κ2) is 4.75. The van der Waals surface area contributed by atoms with E-state index in [1.54, 1.807) is 0 Å². The standard InChI is InChI=1S/C10H14BrFN2/c1-10(12,6-13)7-14-9-4-2-8(11)3-5-9/h2-5,14H,6-7,13H2,1H3. The van der Waals surface area contributed by atoms with Gasteiger partial charge in [0.1, 0.15) is 5.67 Å². The Morgan fingerprint density at radius 1 is 1.43 bits per heavy atom. The molecule has 2 nitrogen and oxygen atoms in total. The van der Waals surface area contributed by atoms with Crippen LogP contribution >= 0.6 is 15.9 Å². The molecule has 0 aliphatic carbocycles. The smallest absolute Gasteiger partial charge is 0.137 e. The third-order valence-electron chi connectivity index (χ3n) is 1.93. The van der Waals surface area contributed by atoms with Crippen molar-refractivity contribution in [2.75, 3.05) is 18.4 Å². The minimum absolute atomic E-state index is 0.0243. The van der Waals surface area contributed by atoms with Gasteiger partial charge < -0.3 is 11.1 Å². The second-order valence-corrected chi connectivity index (χ2v) is 4.39. The van der Waals surface area contributed by atoms with Crippen molar-refractivity contribution in [1.82, 2.24) is 0 Å². The zero-order chi connectivity index (χ0) is 10.6. The van der Waals surface area contributed by atoms with E-state index in [4.69, 9.17) is 5.73 Å². The Labute approximate surface area is 91.8 Å². The maximum absolute atomic E-state index is 13.4. The number of hydrogen-bond acceptors (Lipinski definition) is 2. The molecule has 1 aromatic carbocycles. The van der Waals surface area contributed by atoms with Crippen molar-refractivity contribution in [3.05, 3.63) is 28.7 Å². The van der Waals surface area contributed by atoms with Crippen molar-refractivity contribution in [3.8, 4) is 0 Å². The second-order valence-electron chi connectivity index (χ2n) is 3.48. The first-order valence-electron chi connectivity index (χ1n) is 4.42. The number of nitrogens with two attached hydrogens (primary N) is 1. The summed E-state index contributed by atoms with van der Waals surface area (Å²) in [5.74, 6) is 0. The van der Waals surface area contributed by atoms with Crippen LogP contribution in [0.3, 0.4) is 0 Å². The molecule has 3 N–H and O–H groups in total.